The number of aromatic nitrogens is 2. The van der Waals surface area contributed by atoms with Crippen molar-refractivity contribution in [1.82, 2.24) is 9.97 Å². The van der Waals surface area contributed by atoms with Crippen LogP contribution in [0.25, 0.3) is 10.2 Å². The molecule has 0 spiro atoms. The van der Waals surface area contributed by atoms with Crippen molar-refractivity contribution >= 4 is 32.6 Å². The fraction of sp³-hybridized carbons (Fsp3) is 0.174. The topological polar surface area (TPSA) is 55.3 Å². The first kappa shape index (κ1) is 19.1. The van der Waals surface area contributed by atoms with Crippen LogP contribution >= 0.6 is 11.3 Å². The lowest BCUT2D eigenvalue weighted by atomic mass is 10.2. The van der Waals surface area contributed by atoms with Crippen molar-refractivity contribution < 1.29 is 9.53 Å². The summed E-state index contributed by atoms with van der Waals surface area (Å²) in [5.41, 5.74) is 3.99. The van der Waals surface area contributed by atoms with Crippen LogP contribution in [0.3, 0.4) is 0 Å². The van der Waals surface area contributed by atoms with E-state index in [1.54, 1.807) is 11.1 Å². The molecule has 0 aliphatic heterocycles. The summed E-state index contributed by atoms with van der Waals surface area (Å²) in [6.07, 6.45) is 1.72. The summed E-state index contributed by atoms with van der Waals surface area (Å²) >= 11 is 1.50. The van der Waals surface area contributed by atoms with E-state index in [9.17, 15) is 4.79 Å². The van der Waals surface area contributed by atoms with Crippen LogP contribution in [0.15, 0.2) is 66.9 Å². The van der Waals surface area contributed by atoms with Gasteiger partial charge in [0.15, 0.2) is 11.7 Å². The molecule has 2 heterocycles. The summed E-state index contributed by atoms with van der Waals surface area (Å²) in [5.74, 6) is 0.508. The van der Waals surface area contributed by atoms with Gasteiger partial charge in [-0.3, -0.25) is 14.7 Å². The molecule has 0 aliphatic rings. The summed E-state index contributed by atoms with van der Waals surface area (Å²) in [6, 6.07) is 19.4. The number of thiazole rings is 1. The van der Waals surface area contributed by atoms with Gasteiger partial charge in [-0.1, -0.05) is 41.2 Å². The number of nitrogens with zero attached hydrogens (tertiary/aromatic N) is 3. The van der Waals surface area contributed by atoms with Crippen LogP contribution in [0.4, 0.5) is 5.13 Å². The molecule has 0 fully saturated rings. The predicted octanol–water partition coefficient (Wildman–Crippen LogP) is 4.92. The fourth-order valence-electron chi connectivity index (χ4n) is 2.91. The number of benzene rings is 2. The van der Waals surface area contributed by atoms with Gasteiger partial charge in [-0.25, -0.2) is 4.98 Å². The Labute approximate surface area is 173 Å². The molecule has 0 radical (unpaired) electrons. The Kier molecular flexibility index (Phi) is 5.53. The number of carbonyl (C=O) groups is 1. The zero-order valence-corrected chi connectivity index (χ0v) is 17.1. The van der Waals surface area contributed by atoms with Crippen molar-refractivity contribution in [3.63, 3.8) is 0 Å². The van der Waals surface area contributed by atoms with Gasteiger partial charge in [-0.2, -0.15) is 0 Å². The van der Waals surface area contributed by atoms with E-state index >= 15 is 0 Å². The van der Waals surface area contributed by atoms with Gasteiger partial charge in [-0.15, -0.1) is 0 Å². The quantitative estimate of drug-likeness (QED) is 0.458. The summed E-state index contributed by atoms with van der Waals surface area (Å²) in [7, 11) is 0. The van der Waals surface area contributed by atoms with Crippen LogP contribution < -0.4 is 9.64 Å². The molecule has 2 aromatic carbocycles. The standard InChI is InChI=1S/C23H21N3O2S/c1-16-6-9-19(10-7-16)28-15-22(27)26(14-18-5-3-4-12-24-18)23-25-20-11-8-17(2)13-21(20)29-23/h3-13H,14-15H2,1-2H3. The Morgan fingerprint density at radius 2 is 1.83 bits per heavy atom. The number of hydrogen-bond donors (Lipinski definition) is 0. The van der Waals surface area contributed by atoms with Crippen molar-refractivity contribution in [3.8, 4) is 5.75 Å². The molecule has 29 heavy (non-hydrogen) atoms. The number of carbonyl (C=O) groups excluding carboxylic acids is 1. The molecule has 0 saturated heterocycles. The average Bonchev–Trinajstić information content (AvgIpc) is 3.15. The first-order valence-corrected chi connectivity index (χ1v) is 10.2. The smallest absolute Gasteiger partial charge is 0.267 e. The fourth-order valence-corrected chi connectivity index (χ4v) is 3.99. The lowest BCUT2D eigenvalue weighted by molar-refractivity contribution is -0.120. The van der Waals surface area contributed by atoms with Gasteiger partial charge < -0.3 is 4.74 Å². The molecule has 0 N–H and O–H groups in total. The minimum Gasteiger partial charge on any atom is -0.484 e. The normalized spacial score (nSPS) is 10.8. The van der Waals surface area contributed by atoms with Crippen molar-refractivity contribution in [1.29, 1.82) is 0 Å². The molecular weight excluding hydrogens is 382 g/mol. The average molecular weight is 404 g/mol. The molecule has 0 unspecified atom stereocenters. The highest BCUT2D eigenvalue weighted by molar-refractivity contribution is 7.22. The molecule has 146 valence electrons. The van der Waals surface area contributed by atoms with E-state index in [0.29, 0.717) is 17.4 Å². The third-order valence-electron chi connectivity index (χ3n) is 4.49. The van der Waals surface area contributed by atoms with Gasteiger partial charge in [0, 0.05) is 6.20 Å². The molecule has 4 aromatic rings. The molecule has 6 heteroatoms. The van der Waals surface area contributed by atoms with Gasteiger partial charge in [-0.05, 0) is 55.8 Å². The van der Waals surface area contributed by atoms with Gasteiger partial charge in [0.05, 0.1) is 22.5 Å². The van der Waals surface area contributed by atoms with Crippen LogP contribution in [0, 0.1) is 13.8 Å². The zero-order valence-electron chi connectivity index (χ0n) is 16.3. The summed E-state index contributed by atoms with van der Waals surface area (Å²) in [6.45, 7) is 4.34. The van der Waals surface area contributed by atoms with Crippen LogP contribution in [-0.4, -0.2) is 22.5 Å². The number of pyridine rings is 1. The minimum atomic E-state index is -0.160. The van der Waals surface area contributed by atoms with E-state index in [0.717, 1.165) is 27.0 Å². The second kappa shape index (κ2) is 8.41. The second-order valence-corrected chi connectivity index (χ2v) is 7.88. The maximum atomic E-state index is 13.1. The maximum Gasteiger partial charge on any atom is 0.267 e. The Bertz CT molecular complexity index is 1120. The van der Waals surface area contributed by atoms with Crippen LogP contribution in [-0.2, 0) is 11.3 Å². The van der Waals surface area contributed by atoms with Gasteiger partial charge in [0.1, 0.15) is 5.75 Å². The van der Waals surface area contributed by atoms with E-state index in [1.807, 2.05) is 68.4 Å². The van der Waals surface area contributed by atoms with Gasteiger partial charge in [0.25, 0.3) is 5.91 Å². The van der Waals surface area contributed by atoms with E-state index in [2.05, 4.69) is 16.0 Å². The summed E-state index contributed by atoms with van der Waals surface area (Å²) in [5, 5.41) is 0.647. The largest absolute Gasteiger partial charge is 0.484 e. The highest BCUT2D eigenvalue weighted by atomic mass is 32.1. The van der Waals surface area contributed by atoms with Gasteiger partial charge >= 0.3 is 0 Å². The number of amides is 1. The zero-order chi connectivity index (χ0) is 20.2. The SMILES string of the molecule is Cc1ccc(OCC(=O)N(Cc2ccccn2)c2nc3ccc(C)cc3s2)cc1. The Morgan fingerprint density at radius 1 is 1.03 bits per heavy atom. The Morgan fingerprint density at radius 3 is 2.59 bits per heavy atom. The van der Waals surface area contributed by atoms with Crippen molar-refractivity contribution in [2.24, 2.45) is 0 Å². The van der Waals surface area contributed by atoms with Crippen LogP contribution in [0.1, 0.15) is 16.8 Å². The molecular formula is C23H21N3O2S. The number of aryl methyl sites for hydroxylation is 2. The van der Waals surface area contributed by atoms with Gasteiger partial charge in [0.2, 0.25) is 0 Å². The first-order valence-electron chi connectivity index (χ1n) is 9.35. The van der Waals surface area contributed by atoms with Crippen LogP contribution in [0.2, 0.25) is 0 Å². The predicted molar refractivity (Wildman–Crippen MR) is 116 cm³/mol. The number of hydrogen-bond acceptors (Lipinski definition) is 5. The summed E-state index contributed by atoms with van der Waals surface area (Å²) < 4.78 is 6.78. The third kappa shape index (κ3) is 4.60. The minimum absolute atomic E-state index is 0.0646. The van der Waals surface area contributed by atoms with E-state index in [1.165, 1.54) is 11.3 Å². The number of fused-ring (bicyclic) bond motifs is 1. The molecule has 0 aliphatic carbocycles. The number of ether oxygens (including phenoxy) is 1. The number of rotatable bonds is 6. The van der Waals surface area contributed by atoms with Crippen molar-refractivity contribution in [2.45, 2.75) is 20.4 Å². The highest BCUT2D eigenvalue weighted by Gasteiger charge is 2.21. The van der Waals surface area contributed by atoms with Crippen molar-refractivity contribution in [2.75, 3.05) is 11.5 Å². The van der Waals surface area contributed by atoms with E-state index < -0.39 is 0 Å². The molecule has 1 amide bonds. The molecule has 0 atom stereocenters. The van der Waals surface area contributed by atoms with Crippen molar-refractivity contribution in [3.05, 3.63) is 83.7 Å². The van der Waals surface area contributed by atoms with Crippen LogP contribution in [0.5, 0.6) is 5.75 Å². The lowest BCUT2D eigenvalue weighted by Gasteiger charge is -2.19. The third-order valence-corrected chi connectivity index (χ3v) is 5.54. The second-order valence-electron chi connectivity index (χ2n) is 6.87. The molecule has 0 saturated carbocycles. The lowest BCUT2D eigenvalue weighted by Crippen LogP contribution is -2.34. The maximum absolute atomic E-state index is 13.1. The highest BCUT2D eigenvalue weighted by Crippen LogP contribution is 2.30. The molecule has 5 nitrogen and oxygen atoms in total. The molecule has 4 rings (SSSR count). The summed E-state index contributed by atoms with van der Waals surface area (Å²) in [4.78, 5) is 23.8. The number of anilines is 1. The molecule has 2 aromatic heterocycles. The first-order chi connectivity index (χ1) is 14.1. The van der Waals surface area contributed by atoms with E-state index in [-0.39, 0.29) is 12.5 Å². The Balaban J connectivity index is 1.59. The molecule has 0 bridgehead atoms. The Hall–Kier alpha value is -3.25. The monoisotopic (exact) mass is 403 g/mol. The van der Waals surface area contributed by atoms with E-state index in [4.69, 9.17) is 4.74 Å².